The first-order chi connectivity index (χ1) is 11.3. The molecule has 2 amide bonds. The lowest BCUT2D eigenvalue weighted by Gasteiger charge is -2.23. The number of carbonyl (C=O) groups excluding carboxylic acids is 2. The van der Waals surface area contributed by atoms with Crippen molar-refractivity contribution < 1.29 is 22.8 Å². The lowest BCUT2D eigenvalue weighted by atomic mass is 10.1. The monoisotopic (exact) mass is 379 g/mol. The van der Waals surface area contributed by atoms with Crippen LogP contribution in [0.2, 0.25) is 5.02 Å². The van der Waals surface area contributed by atoms with E-state index < -0.39 is 23.2 Å². The normalized spacial score (nSPS) is 12.2. The second-order valence-corrected chi connectivity index (χ2v) is 7.12. The standard InChI is InChI=1S/C16H21ClF3N3O2/c1-15(2,3)22-14(25)9-23(4)8-13(24)21-12-7-10(16(18,19)20)5-6-11(12)17/h5-7H,8-9H2,1-4H3,(H,21,24)(H,22,25). The third-order valence-electron chi connectivity index (χ3n) is 2.91. The van der Waals surface area contributed by atoms with Crippen LogP contribution in [-0.2, 0) is 15.8 Å². The number of carbonyl (C=O) groups is 2. The molecule has 5 nitrogen and oxygen atoms in total. The third-order valence-corrected chi connectivity index (χ3v) is 3.24. The first-order valence-corrected chi connectivity index (χ1v) is 7.82. The van der Waals surface area contributed by atoms with Gasteiger partial charge in [-0.25, -0.2) is 0 Å². The summed E-state index contributed by atoms with van der Waals surface area (Å²) in [6, 6.07) is 2.67. The van der Waals surface area contributed by atoms with Crippen molar-refractivity contribution in [2.24, 2.45) is 0 Å². The summed E-state index contributed by atoms with van der Waals surface area (Å²) < 4.78 is 38.2. The Balaban J connectivity index is 2.66. The highest BCUT2D eigenvalue weighted by atomic mass is 35.5. The highest BCUT2D eigenvalue weighted by Gasteiger charge is 2.31. The second-order valence-electron chi connectivity index (χ2n) is 6.71. The number of alkyl halides is 3. The summed E-state index contributed by atoms with van der Waals surface area (Å²) in [7, 11) is 1.55. The average Bonchev–Trinajstić information content (AvgIpc) is 2.36. The van der Waals surface area contributed by atoms with Gasteiger partial charge < -0.3 is 10.6 Å². The molecule has 0 aliphatic rings. The summed E-state index contributed by atoms with van der Waals surface area (Å²) in [6.07, 6.45) is -4.54. The zero-order valence-electron chi connectivity index (χ0n) is 14.4. The fraction of sp³-hybridized carbons (Fsp3) is 0.500. The molecule has 0 aliphatic heterocycles. The minimum absolute atomic E-state index is 0.00511. The van der Waals surface area contributed by atoms with Gasteiger partial charge in [-0.2, -0.15) is 13.2 Å². The maximum absolute atomic E-state index is 12.7. The minimum Gasteiger partial charge on any atom is -0.350 e. The Kier molecular flexibility index (Phi) is 6.84. The zero-order chi connectivity index (χ0) is 19.4. The van der Waals surface area contributed by atoms with Crippen molar-refractivity contribution in [2.45, 2.75) is 32.5 Å². The third kappa shape index (κ3) is 7.74. The Bertz CT molecular complexity index is 642. The molecule has 1 aromatic rings. The predicted molar refractivity (Wildman–Crippen MR) is 90.5 cm³/mol. The van der Waals surface area contributed by atoms with Crippen molar-refractivity contribution in [3.8, 4) is 0 Å². The van der Waals surface area contributed by atoms with Crippen LogP contribution in [0.5, 0.6) is 0 Å². The molecule has 0 fully saturated rings. The molecule has 1 rings (SSSR count). The van der Waals surface area contributed by atoms with Gasteiger partial charge in [0.15, 0.2) is 0 Å². The Morgan fingerprint density at radius 1 is 1.12 bits per heavy atom. The Labute approximate surface area is 149 Å². The molecule has 9 heteroatoms. The van der Waals surface area contributed by atoms with Crippen molar-refractivity contribution in [3.05, 3.63) is 28.8 Å². The van der Waals surface area contributed by atoms with E-state index in [4.69, 9.17) is 11.6 Å². The number of likely N-dealkylation sites (N-methyl/N-ethyl adjacent to an activating group) is 1. The molecule has 0 heterocycles. The highest BCUT2D eigenvalue weighted by Crippen LogP contribution is 2.33. The van der Waals surface area contributed by atoms with Crippen LogP contribution in [0.3, 0.4) is 0 Å². The van der Waals surface area contributed by atoms with Crippen LogP contribution in [-0.4, -0.2) is 42.4 Å². The maximum Gasteiger partial charge on any atom is 0.416 e. The molecule has 0 bridgehead atoms. The topological polar surface area (TPSA) is 61.4 Å². The van der Waals surface area contributed by atoms with Crippen LogP contribution in [0, 0.1) is 0 Å². The molecule has 0 saturated heterocycles. The first-order valence-electron chi connectivity index (χ1n) is 7.44. The van der Waals surface area contributed by atoms with Gasteiger partial charge in [-0.1, -0.05) is 11.6 Å². The molecule has 0 spiro atoms. The van der Waals surface area contributed by atoms with E-state index in [0.29, 0.717) is 0 Å². The van der Waals surface area contributed by atoms with Crippen LogP contribution in [0.1, 0.15) is 26.3 Å². The van der Waals surface area contributed by atoms with Gasteiger partial charge in [-0.05, 0) is 46.0 Å². The van der Waals surface area contributed by atoms with Gasteiger partial charge in [-0.3, -0.25) is 14.5 Å². The molecule has 140 valence electrons. The molecule has 0 atom stereocenters. The van der Waals surface area contributed by atoms with E-state index in [1.807, 2.05) is 20.8 Å². The van der Waals surface area contributed by atoms with Crippen LogP contribution in [0.25, 0.3) is 0 Å². The summed E-state index contributed by atoms with van der Waals surface area (Å²) in [5, 5.41) is 5.07. The van der Waals surface area contributed by atoms with E-state index in [9.17, 15) is 22.8 Å². The van der Waals surface area contributed by atoms with Crippen molar-refractivity contribution in [2.75, 3.05) is 25.5 Å². The Hall–Kier alpha value is -1.80. The molecule has 0 aromatic heterocycles. The van der Waals surface area contributed by atoms with Gasteiger partial charge in [-0.15, -0.1) is 0 Å². The van der Waals surface area contributed by atoms with E-state index >= 15 is 0 Å². The van der Waals surface area contributed by atoms with Crippen molar-refractivity contribution >= 4 is 29.1 Å². The number of anilines is 1. The molecule has 1 aromatic carbocycles. The van der Waals surface area contributed by atoms with Crippen LogP contribution >= 0.6 is 11.6 Å². The zero-order valence-corrected chi connectivity index (χ0v) is 15.2. The van der Waals surface area contributed by atoms with Gasteiger partial charge in [0.1, 0.15) is 0 Å². The number of hydrogen-bond acceptors (Lipinski definition) is 3. The Morgan fingerprint density at radius 3 is 2.20 bits per heavy atom. The van der Waals surface area contributed by atoms with E-state index in [2.05, 4.69) is 10.6 Å². The molecule has 0 radical (unpaired) electrons. The van der Waals surface area contributed by atoms with Crippen LogP contribution in [0.4, 0.5) is 18.9 Å². The van der Waals surface area contributed by atoms with Gasteiger partial charge in [0.05, 0.1) is 29.4 Å². The predicted octanol–water partition coefficient (Wildman–Crippen LogP) is 3.14. The summed E-state index contributed by atoms with van der Waals surface area (Å²) in [4.78, 5) is 25.2. The SMILES string of the molecule is CN(CC(=O)Nc1cc(C(F)(F)F)ccc1Cl)CC(=O)NC(C)(C)C. The van der Waals surface area contributed by atoms with Crippen LogP contribution in [0.15, 0.2) is 18.2 Å². The summed E-state index contributed by atoms with van der Waals surface area (Å²) >= 11 is 5.82. The van der Waals surface area contributed by atoms with Gasteiger partial charge in [0.25, 0.3) is 0 Å². The van der Waals surface area contributed by atoms with Gasteiger partial charge in [0, 0.05) is 5.54 Å². The van der Waals surface area contributed by atoms with Gasteiger partial charge in [0.2, 0.25) is 11.8 Å². The summed E-state index contributed by atoms with van der Waals surface area (Å²) in [5.41, 5.74) is -1.44. The molecule has 0 saturated carbocycles. The molecule has 0 aliphatic carbocycles. The summed E-state index contributed by atoms with van der Waals surface area (Å²) in [6.45, 7) is 5.28. The highest BCUT2D eigenvalue weighted by molar-refractivity contribution is 6.33. The number of benzene rings is 1. The number of hydrogen-bond donors (Lipinski definition) is 2. The molecule has 0 unspecified atom stereocenters. The van der Waals surface area contributed by atoms with E-state index in [1.54, 1.807) is 7.05 Å². The van der Waals surface area contributed by atoms with Crippen molar-refractivity contribution in [3.63, 3.8) is 0 Å². The lowest BCUT2D eigenvalue weighted by Crippen LogP contribution is -2.46. The molecular weight excluding hydrogens is 359 g/mol. The molecule has 25 heavy (non-hydrogen) atoms. The smallest absolute Gasteiger partial charge is 0.350 e. The number of amides is 2. The average molecular weight is 380 g/mol. The second kappa shape index (κ2) is 8.05. The first kappa shape index (κ1) is 21.2. The minimum atomic E-state index is -4.54. The maximum atomic E-state index is 12.7. The number of nitrogens with one attached hydrogen (secondary N) is 2. The fourth-order valence-electron chi connectivity index (χ4n) is 1.99. The van der Waals surface area contributed by atoms with Crippen molar-refractivity contribution in [1.29, 1.82) is 0 Å². The number of nitrogens with zero attached hydrogens (tertiary/aromatic N) is 1. The van der Waals surface area contributed by atoms with E-state index in [1.165, 1.54) is 4.90 Å². The number of halogens is 4. The largest absolute Gasteiger partial charge is 0.416 e. The fourth-order valence-corrected chi connectivity index (χ4v) is 2.16. The molecule has 2 N–H and O–H groups in total. The molecular formula is C16H21ClF3N3O2. The van der Waals surface area contributed by atoms with Crippen LogP contribution < -0.4 is 10.6 Å². The van der Waals surface area contributed by atoms with Gasteiger partial charge >= 0.3 is 6.18 Å². The quantitative estimate of drug-likeness (QED) is 0.826. The summed E-state index contributed by atoms with van der Waals surface area (Å²) in [5.74, 6) is -0.841. The lowest BCUT2D eigenvalue weighted by molar-refractivity contribution is -0.137. The Morgan fingerprint density at radius 2 is 1.68 bits per heavy atom. The number of rotatable bonds is 5. The van der Waals surface area contributed by atoms with E-state index in [-0.39, 0.29) is 29.7 Å². The van der Waals surface area contributed by atoms with Crippen molar-refractivity contribution in [1.82, 2.24) is 10.2 Å². The van der Waals surface area contributed by atoms with E-state index in [0.717, 1.165) is 18.2 Å².